The van der Waals surface area contributed by atoms with Crippen molar-refractivity contribution in [2.75, 3.05) is 19.6 Å². The smallest absolute Gasteiger partial charge is 0.221 e. The van der Waals surface area contributed by atoms with Gasteiger partial charge in [-0.1, -0.05) is 0 Å². The largest absolute Gasteiger partial charge is 0.369 e. The monoisotopic (exact) mass is 156 g/mol. The maximum atomic E-state index is 10.7. The molecule has 1 amide bonds. The van der Waals surface area contributed by atoms with E-state index in [0.29, 0.717) is 13.1 Å². The zero-order valence-corrected chi connectivity index (χ0v) is 6.32. The highest BCUT2D eigenvalue weighted by atomic mass is 16.1. The number of aldehydes is 1. The molecular weight excluding hydrogens is 144 g/mol. The first-order chi connectivity index (χ1) is 5.24. The molecule has 1 heterocycles. The normalized spacial score (nSPS) is 25.3. The molecule has 0 bridgehead atoms. The summed E-state index contributed by atoms with van der Waals surface area (Å²) in [5.41, 5.74) is 5.10. The van der Waals surface area contributed by atoms with Crippen LogP contribution in [0.25, 0.3) is 0 Å². The van der Waals surface area contributed by atoms with Gasteiger partial charge in [0, 0.05) is 6.54 Å². The van der Waals surface area contributed by atoms with Crippen LogP contribution in [0.3, 0.4) is 0 Å². The maximum Gasteiger partial charge on any atom is 0.221 e. The molecule has 1 rings (SSSR count). The van der Waals surface area contributed by atoms with Crippen LogP contribution in [0.4, 0.5) is 0 Å². The van der Waals surface area contributed by atoms with Gasteiger partial charge < -0.3 is 10.5 Å². The minimum atomic E-state index is -0.251. The van der Waals surface area contributed by atoms with Crippen LogP contribution in [0.1, 0.15) is 6.42 Å². The summed E-state index contributed by atoms with van der Waals surface area (Å²) < 4.78 is 0. The van der Waals surface area contributed by atoms with Crippen molar-refractivity contribution in [1.29, 1.82) is 0 Å². The van der Waals surface area contributed by atoms with Crippen LogP contribution in [0.15, 0.2) is 0 Å². The molecule has 0 aromatic heterocycles. The quantitative estimate of drug-likeness (QED) is 0.533. The summed E-state index contributed by atoms with van der Waals surface area (Å²) in [6.07, 6.45) is 1.65. The van der Waals surface area contributed by atoms with Crippen LogP contribution in [0.5, 0.6) is 0 Å². The predicted molar refractivity (Wildman–Crippen MR) is 39.8 cm³/mol. The molecule has 4 heteroatoms. The number of carbonyl (C=O) groups is 2. The minimum absolute atomic E-state index is 0.0463. The average molecular weight is 156 g/mol. The molecule has 1 aliphatic heterocycles. The van der Waals surface area contributed by atoms with Crippen molar-refractivity contribution in [2.45, 2.75) is 6.42 Å². The first kappa shape index (κ1) is 8.20. The number of hydrogen-bond donors (Lipinski definition) is 1. The number of hydrogen-bond acceptors (Lipinski definition) is 3. The van der Waals surface area contributed by atoms with Crippen molar-refractivity contribution in [3.63, 3.8) is 0 Å². The van der Waals surface area contributed by atoms with Gasteiger partial charge in [-0.25, -0.2) is 0 Å². The number of nitrogens with zero attached hydrogens (tertiary/aromatic N) is 1. The lowest BCUT2D eigenvalue weighted by molar-refractivity contribution is -0.121. The lowest BCUT2D eigenvalue weighted by Crippen LogP contribution is -2.28. The Kier molecular flexibility index (Phi) is 2.59. The second-order valence-electron chi connectivity index (χ2n) is 2.81. The first-order valence-corrected chi connectivity index (χ1v) is 3.69. The number of rotatable bonds is 3. The summed E-state index contributed by atoms with van der Waals surface area (Å²) in [7, 11) is 0. The fraction of sp³-hybridized carbons (Fsp3) is 0.714. The van der Waals surface area contributed by atoms with E-state index in [4.69, 9.17) is 5.73 Å². The second-order valence-corrected chi connectivity index (χ2v) is 2.81. The molecule has 2 N–H and O–H groups in total. The van der Waals surface area contributed by atoms with E-state index in [1.807, 2.05) is 4.90 Å². The fourth-order valence-corrected chi connectivity index (χ4v) is 1.34. The van der Waals surface area contributed by atoms with Gasteiger partial charge in [0.25, 0.3) is 0 Å². The molecule has 1 aliphatic rings. The standard InChI is InChI=1S/C7H12N2O2/c8-7(11)6-1-2-9(5-6)3-4-10/h4,6H,1-3,5H2,(H2,8,11). The van der Waals surface area contributed by atoms with E-state index in [9.17, 15) is 9.59 Å². The lowest BCUT2D eigenvalue weighted by Gasteiger charge is -2.09. The Morgan fingerprint density at radius 1 is 1.73 bits per heavy atom. The third-order valence-corrected chi connectivity index (χ3v) is 2.01. The highest BCUT2D eigenvalue weighted by molar-refractivity contribution is 5.77. The Hall–Kier alpha value is -0.900. The number of amides is 1. The highest BCUT2D eigenvalue weighted by Gasteiger charge is 2.25. The number of nitrogens with two attached hydrogens (primary N) is 1. The molecule has 1 fully saturated rings. The van der Waals surface area contributed by atoms with Crippen molar-refractivity contribution >= 4 is 12.2 Å². The van der Waals surface area contributed by atoms with E-state index in [1.165, 1.54) is 0 Å². The molecule has 62 valence electrons. The molecule has 1 saturated heterocycles. The average Bonchev–Trinajstić information content (AvgIpc) is 2.37. The SMILES string of the molecule is NC(=O)C1CCN(CC=O)C1. The van der Waals surface area contributed by atoms with Gasteiger partial charge in [-0.15, -0.1) is 0 Å². The van der Waals surface area contributed by atoms with Gasteiger partial charge in [0.1, 0.15) is 6.29 Å². The summed E-state index contributed by atoms with van der Waals surface area (Å²) >= 11 is 0. The third-order valence-electron chi connectivity index (χ3n) is 2.01. The molecule has 0 spiro atoms. The van der Waals surface area contributed by atoms with Crippen molar-refractivity contribution in [3.05, 3.63) is 0 Å². The summed E-state index contributed by atoms with van der Waals surface area (Å²) in [6, 6.07) is 0. The zero-order valence-electron chi connectivity index (χ0n) is 6.32. The lowest BCUT2D eigenvalue weighted by atomic mass is 10.1. The van der Waals surface area contributed by atoms with E-state index in [0.717, 1.165) is 19.3 Å². The Balaban J connectivity index is 2.34. The van der Waals surface area contributed by atoms with Gasteiger partial charge in [0.2, 0.25) is 5.91 Å². The van der Waals surface area contributed by atoms with Crippen LogP contribution in [0, 0.1) is 5.92 Å². The van der Waals surface area contributed by atoms with Gasteiger partial charge in [0.15, 0.2) is 0 Å². The van der Waals surface area contributed by atoms with Crippen LogP contribution in [0.2, 0.25) is 0 Å². The molecule has 0 saturated carbocycles. The van der Waals surface area contributed by atoms with Crippen LogP contribution < -0.4 is 5.73 Å². The van der Waals surface area contributed by atoms with Gasteiger partial charge in [-0.2, -0.15) is 0 Å². The van der Waals surface area contributed by atoms with Crippen LogP contribution >= 0.6 is 0 Å². The van der Waals surface area contributed by atoms with E-state index >= 15 is 0 Å². The molecule has 0 radical (unpaired) electrons. The van der Waals surface area contributed by atoms with Crippen molar-refractivity contribution < 1.29 is 9.59 Å². The van der Waals surface area contributed by atoms with Crippen LogP contribution in [-0.2, 0) is 9.59 Å². The Morgan fingerprint density at radius 2 is 2.45 bits per heavy atom. The van der Waals surface area contributed by atoms with Gasteiger partial charge >= 0.3 is 0 Å². The summed E-state index contributed by atoms with van der Waals surface area (Å²) in [5.74, 6) is -0.298. The maximum absolute atomic E-state index is 10.7. The number of carbonyl (C=O) groups excluding carboxylic acids is 2. The summed E-state index contributed by atoms with van der Waals surface area (Å²) in [6.45, 7) is 1.88. The zero-order chi connectivity index (χ0) is 8.27. The molecule has 0 aromatic rings. The summed E-state index contributed by atoms with van der Waals surface area (Å²) in [5, 5.41) is 0. The van der Waals surface area contributed by atoms with Crippen molar-refractivity contribution in [2.24, 2.45) is 11.7 Å². The van der Waals surface area contributed by atoms with E-state index in [2.05, 4.69) is 0 Å². The molecule has 0 aliphatic carbocycles. The Bertz CT molecular complexity index is 170. The van der Waals surface area contributed by atoms with Crippen molar-refractivity contribution in [3.8, 4) is 0 Å². The number of likely N-dealkylation sites (tertiary alicyclic amines) is 1. The molecule has 1 unspecified atom stereocenters. The fourth-order valence-electron chi connectivity index (χ4n) is 1.34. The number of primary amides is 1. The van der Waals surface area contributed by atoms with E-state index in [1.54, 1.807) is 0 Å². The third kappa shape index (κ3) is 2.01. The first-order valence-electron chi connectivity index (χ1n) is 3.69. The highest BCUT2D eigenvalue weighted by Crippen LogP contribution is 2.14. The molecule has 0 aromatic carbocycles. The molecular formula is C7H12N2O2. The topological polar surface area (TPSA) is 63.4 Å². The van der Waals surface area contributed by atoms with Crippen molar-refractivity contribution in [1.82, 2.24) is 4.90 Å². The Labute approximate surface area is 65.3 Å². The molecule has 1 atom stereocenters. The van der Waals surface area contributed by atoms with E-state index in [-0.39, 0.29) is 11.8 Å². The summed E-state index contributed by atoms with van der Waals surface area (Å²) in [4.78, 5) is 22.7. The van der Waals surface area contributed by atoms with Gasteiger partial charge in [-0.3, -0.25) is 9.69 Å². The Morgan fingerprint density at radius 3 is 2.91 bits per heavy atom. The molecule has 11 heavy (non-hydrogen) atoms. The molecule has 4 nitrogen and oxygen atoms in total. The van der Waals surface area contributed by atoms with Crippen LogP contribution in [-0.4, -0.2) is 36.7 Å². The van der Waals surface area contributed by atoms with E-state index < -0.39 is 0 Å². The predicted octanol–water partition coefficient (Wildman–Crippen LogP) is -1.01. The van der Waals surface area contributed by atoms with Gasteiger partial charge in [0.05, 0.1) is 12.5 Å². The minimum Gasteiger partial charge on any atom is -0.369 e. The van der Waals surface area contributed by atoms with Gasteiger partial charge in [-0.05, 0) is 13.0 Å². The second kappa shape index (κ2) is 3.48.